The average Bonchev–Trinajstić information content (AvgIpc) is 3.09. The molecule has 1 N–H and O–H groups in total. The van der Waals surface area contributed by atoms with E-state index in [-0.39, 0.29) is 0 Å². The molecule has 116 valence electrons. The van der Waals surface area contributed by atoms with Gasteiger partial charge in [0.2, 0.25) is 0 Å². The van der Waals surface area contributed by atoms with Crippen LogP contribution in [0.15, 0.2) is 31.1 Å². The number of carboxylic acids is 1. The molecule has 1 aliphatic rings. The number of hydrogen-bond acceptors (Lipinski definition) is 6. The van der Waals surface area contributed by atoms with E-state index in [4.69, 9.17) is 4.74 Å². The molecular formula is C14H17N5O3. The van der Waals surface area contributed by atoms with Gasteiger partial charge in [0, 0.05) is 37.9 Å². The molecule has 0 radical (unpaired) electrons. The van der Waals surface area contributed by atoms with Gasteiger partial charge in [-0.25, -0.2) is 19.7 Å². The number of imidazole rings is 1. The minimum atomic E-state index is -0.956. The van der Waals surface area contributed by atoms with Crippen LogP contribution >= 0.6 is 0 Å². The molecule has 2 aromatic rings. The SMILES string of the molecule is COc1nccnc1N1CCC(C(=O)O)(n2ccnc2)CC1. The molecule has 0 unspecified atom stereocenters. The number of nitrogens with zero attached hydrogens (tertiary/aromatic N) is 5. The third-order valence-electron chi connectivity index (χ3n) is 4.13. The summed E-state index contributed by atoms with van der Waals surface area (Å²) >= 11 is 0. The Balaban J connectivity index is 1.83. The first kappa shape index (κ1) is 14.3. The summed E-state index contributed by atoms with van der Waals surface area (Å²) in [6.07, 6.45) is 8.95. The number of hydrogen-bond donors (Lipinski definition) is 1. The minimum absolute atomic E-state index is 0.452. The Bertz CT molecular complexity index is 650. The first-order chi connectivity index (χ1) is 10.7. The Labute approximate surface area is 127 Å². The lowest BCUT2D eigenvalue weighted by molar-refractivity contribution is -0.148. The van der Waals surface area contributed by atoms with Crippen LogP contribution in [0.4, 0.5) is 5.82 Å². The van der Waals surface area contributed by atoms with Crippen molar-refractivity contribution in [3.05, 3.63) is 31.1 Å². The zero-order chi connectivity index (χ0) is 15.6. The highest BCUT2D eigenvalue weighted by molar-refractivity contribution is 5.77. The molecule has 8 nitrogen and oxygen atoms in total. The molecule has 0 amide bonds. The Hall–Kier alpha value is -2.64. The predicted octanol–water partition coefficient (Wildman–Crippen LogP) is 0.762. The smallest absolute Gasteiger partial charge is 0.330 e. The number of carboxylic acid groups (broad SMARTS) is 1. The molecule has 0 bridgehead atoms. The Morgan fingerprint density at radius 1 is 1.27 bits per heavy atom. The molecule has 22 heavy (non-hydrogen) atoms. The zero-order valence-electron chi connectivity index (χ0n) is 12.2. The Morgan fingerprint density at radius 3 is 2.59 bits per heavy atom. The zero-order valence-corrected chi connectivity index (χ0v) is 12.2. The van der Waals surface area contributed by atoms with E-state index < -0.39 is 11.5 Å². The topological polar surface area (TPSA) is 93.4 Å². The largest absolute Gasteiger partial charge is 0.479 e. The van der Waals surface area contributed by atoms with Crippen LogP contribution in [0.1, 0.15) is 12.8 Å². The number of ether oxygens (including phenoxy) is 1. The number of aromatic nitrogens is 4. The third kappa shape index (κ3) is 2.26. The molecule has 1 aliphatic heterocycles. The van der Waals surface area contributed by atoms with Crippen molar-refractivity contribution in [2.75, 3.05) is 25.1 Å². The first-order valence-corrected chi connectivity index (χ1v) is 6.99. The van der Waals surface area contributed by atoms with Gasteiger partial charge in [-0.2, -0.15) is 0 Å². The summed E-state index contributed by atoms with van der Waals surface area (Å²) in [4.78, 5) is 26.2. The highest BCUT2D eigenvalue weighted by Crippen LogP contribution is 2.34. The number of piperidine rings is 1. The van der Waals surface area contributed by atoms with Gasteiger partial charge in [-0.15, -0.1) is 0 Å². The number of methoxy groups -OCH3 is 1. The van der Waals surface area contributed by atoms with Crippen molar-refractivity contribution in [2.45, 2.75) is 18.4 Å². The fourth-order valence-corrected chi connectivity index (χ4v) is 2.86. The second-order valence-corrected chi connectivity index (χ2v) is 5.18. The van der Waals surface area contributed by atoms with Crippen LogP contribution in [0.2, 0.25) is 0 Å². The monoisotopic (exact) mass is 303 g/mol. The summed E-state index contributed by atoms with van der Waals surface area (Å²) in [6.45, 7) is 1.11. The maximum atomic E-state index is 11.8. The Kier molecular flexibility index (Phi) is 3.66. The molecule has 1 saturated heterocycles. The van der Waals surface area contributed by atoms with Crippen LogP contribution in [0.5, 0.6) is 5.88 Å². The van der Waals surface area contributed by atoms with Crippen molar-refractivity contribution < 1.29 is 14.6 Å². The molecule has 0 aromatic carbocycles. The number of anilines is 1. The van der Waals surface area contributed by atoms with Gasteiger partial charge in [-0.1, -0.05) is 0 Å². The molecule has 3 rings (SSSR count). The molecule has 0 spiro atoms. The van der Waals surface area contributed by atoms with Gasteiger partial charge in [-0.05, 0) is 12.8 Å². The van der Waals surface area contributed by atoms with Crippen LogP contribution < -0.4 is 9.64 Å². The van der Waals surface area contributed by atoms with Crippen LogP contribution in [0.3, 0.4) is 0 Å². The van der Waals surface area contributed by atoms with Crippen LogP contribution in [0, 0.1) is 0 Å². The predicted molar refractivity (Wildman–Crippen MR) is 77.9 cm³/mol. The lowest BCUT2D eigenvalue weighted by Gasteiger charge is -2.40. The van der Waals surface area contributed by atoms with Crippen molar-refractivity contribution in [3.8, 4) is 5.88 Å². The van der Waals surface area contributed by atoms with E-state index in [1.54, 1.807) is 42.8 Å². The fraction of sp³-hybridized carbons (Fsp3) is 0.429. The van der Waals surface area contributed by atoms with E-state index in [1.807, 2.05) is 4.90 Å². The number of carbonyl (C=O) groups is 1. The van der Waals surface area contributed by atoms with Gasteiger partial charge in [0.25, 0.3) is 5.88 Å². The lowest BCUT2D eigenvalue weighted by Crippen LogP contribution is -2.51. The minimum Gasteiger partial charge on any atom is -0.479 e. The van der Waals surface area contributed by atoms with Crippen molar-refractivity contribution in [2.24, 2.45) is 0 Å². The first-order valence-electron chi connectivity index (χ1n) is 6.99. The quantitative estimate of drug-likeness (QED) is 0.891. The van der Waals surface area contributed by atoms with E-state index in [2.05, 4.69) is 15.0 Å². The second-order valence-electron chi connectivity index (χ2n) is 5.18. The van der Waals surface area contributed by atoms with Crippen molar-refractivity contribution in [1.82, 2.24) is 19.5 Å². The van der Waals surface area contributed by atoms with E-state index >= 15 is 0 Å². The highest BCUT2D eigenvalue weighted by Gasteiger charge is 2.43. The van der Waals surface area contributed by atoms with Crippen molar-refractivity contribution in [1.29, 1.82) is 0 Å². The van der Waals surface area contributed by atoms with Gasteiger partial charge < -0.3 is 19.3 Å². The van der Waals surface area contributed by atoms with Crippen LogP contribution in [0.25, 0.3) is 0 Å². The van der Waals surface area contributed by atoms with E-state index in [0.717, 1.165) is 0 Å². The van der Waals surface area contributed by atoms with Gasteiger partial charge in [-0.3, -0.25) is 0 Å². The molecule has 2 aromatic heterocycles. The summed E-state index contributed by atoms with van der Waals surface area (Å²) in [5.41, 5.74) is -0.956. The Morgan fingerprint density at radius 2 is 2.00 bits per heavy atom. The molecular weight excluding hydrogens is 286 g/mol. The third-order valence-corrected chi connectivity index (χ3v) is 4.13. The molecule has 1 fully saturated rings. The highest BCUT2D eigenvalue weighted by atomic mass is 16.5. The lowest BCUT2D eigenvalue weighted by atomic mass is 9.87. The van der Waals surface area contributed by atoms with E-state index in [0.29, 0.717) is 37.6 Å². The molecule has 0 saturated carbocycles. The number of rotatable bonds is 4. The van der Waals surface area contributed by atoms with Crippen LogP contribution in [-0.4, -0.2) is 50.8 Å². The maximum absolute atomic E-state index is 11.8. The summed E-state index contributed by atoms with van der Waals surface area (Å²) in [7, 11) is 1.55. The van der Waals surface area contributed by atoms with E-state index in [9.17, 15) is 9.90 Å². The van der Waals surface area contributed by atoms with Crippen molar-refractivity contribution in [3.63, 3.8) is 0 Å². The summed E-state index contributed by atoms with van der Waals surface area (Å²) in [5.74, 6) is 0.263. The summed E-state index contributed by atoms with van der Waals surface area (Å²) in [5, 5.41) is 9.70. The van der Waals surface area contributed by atoms with Gasteiger partial charge >= 0.3 is 5.97 Å². The standard InChI is InChI=1S/C14H17N5O3/c1-22-12-11(16-4-5-17-12)18-7-2-14(3-8-18,13(20)21)19-9-6-15-10-19/h4-6,9-10H,2-3,7-8H2,1H3,(H,20,21). The van der Waals surface area contributed by atoms with Gasteiger partial charge in [0.05, 0.1) is 13.4 Å². The molecule has 8 heteroatoms. The normalized spacial score (nSPS) is 17.2. The van der Waals surface area contributed by atoms with Gasteiger partial charge in [0.15, 0.2) is 5.82 Å². The second kappa shape index (κ2) is 5.63. The molecule has 0 aliphatic carbocycles. The van der Waals surface area contributed by atoms with Crippen LogP contribution in [-0.2, 0) is 10.3 Å². The summed E-state index contributed by atoms with van der Waals surface area (Å²) in [6, 6.07) is 0. The molecule has 0 atom stereocenters. The summed E-state index contributed by atoms with van der Waals surface area (Å²) < 4.78 is 6.90. The van der Waals surface area contributed by atoms with Crippen molar-refractivity contribution >= 4 is 11.8 Å². The van der Waals surface area contributed by atoms with E-state index in [1.165, 1.54) is 0 Å². The maximum Gasteiger partial charge on any atom is 0.330 e. The average molecular weight is 303 g/mol. The van der Waals surface area contributed by atoms with Gasteiger partial charge in [0.1, 0.15) is 5.54 Å². The molecule has 3 heterocycles. The number of aliphatic carboxylic acids is 1. The fourth-order valence-electron chi connectivity index (χ4n) is 2.86.